The van der Waals surface area contributed by atoms with Crippen molar-refractivity contribution in [2.24, 2.45) is 5.92 Å². The van der Waals surface area contributed by atoms with Crippen LogP contribution in [-0.4, -0.2) is 21.3 Å². The van der Waals surface area contributed by atoms with Gasteiger partial charge in [-0.1, -0.05) is 6.07 Å². The molecule has 3 aromatic rings. The average Bonchev–Trinajstić information content (AvgIpc) is 3.03. The number of hydrogen-bond acceptors (Lipinski definition) is 4. The van der Waals surface area contributed by atoms with Crippen LogP contribution in [0.2, 0.25) is 0 Å². The standard InChI is InChI=1S/C16H15FN2O3/c17-14-5-1-4-13-15(14)18-10-19(16(13)21)8-11(9-20)7-12-3-2-6-22-12/h1-6,10-11,20H,7-9H2/t11-/m1/s1. The van der Waals surface area contributed by atoms with Crippen LogP contribution < -0.4 is 5.56 Å². The van der Waals surface area contributed by atoms with Gasteiger partial charge in [-0.15, -0.1) is 0 Å². The van der Waals surface area contributed by atoms with Gasteiger partial charge in [0.1, 0.15) is 17.1 Å². The number of hydrogen-bond donors (Lipinski definition) is 1. The van der Waals surface area contributed by atoms with E-state index in [0.29, 0.717) is 6.42 Å². The first-order valence-electron chi connectivity index (χ1n) is 6.96. The quantitative estimate of drug-likeness (QED) is 0.782. The average molecular weight is 302 g/mol. The van der Waals surface area contributed by atoms with Crippen molar-refractivity contribution in [3.63, 3.8) is 0 Å². The van der Waals surface area contributed by atoms with Crippen molar-refractivity contribution in [2.75, 3.05) is 6.61 Å². The molecule has 0 fully saturated rings. The monoisotopic (exact) mass is 302 g/mol. The lowest BCUT2D eigenvalue weighted by Gasteiger charge is -2.14. The molecular formula is C16H15FN2O3. The van der Waals surface area contributed by atoms with Crippen molar-refractivity contribution in [1.82, 2.24) is 9.55 Å². The first-order chi connectivity index (χ1) is 10.7. The Morgan fingerprint density at radius 1 is 1.32 bits per heavy atom. The zero-order chi connectivity index (χ0) is 15.5. The van der Waals surface area contributed by atoms with Gasteiger partial charge in [0, 0.05) is 25.5 Å². The molecule has 6 heteroatoms. The lowest BCUT2D eigenvalue weighted by molar-refractivity contribution is 0.203. The normalized spacial score (nSPS) is 12.6. The fourth-order valence-electron chi connectivity index (χ4n) is 2.46. The summed E-state index contributed by atoms with van der Waals surface area (Å²) < 4.78 is 20.3. The lowest BCUT2D eigenvalue weighted by atomic mass is 10.0. The molecule has 0 radical (unpaired) electrons. The maximum absolute atomic E-state index is 13.6. The minimum Gasteiger partial charge on any atom is -0.469 e. The summed E-state index contributed by atoms with van der Waals surface area (Å²) in [5.41, 5.74) is -0.252. The summed E-state index contributed by atoms with van der Waals surface area (Å²) in [4.78, 5) is 16.4. The van der Waals surface area contributed by atoms with Crippen LogP contribution in [0.5, 0.6) is 0 Å². The van der Waals surface area contributed by atoms with Crippen LogP contribution in [0.1, 0.15) is 5.76 Å². The lowest BCUT2D eigenvalue weighted by Crippen LogP contribution is -2.27. The van der Waals surface area contributed by atoms with Crippen molar-refractivity contribution in [3.8, 4) is 0 Å². The predicted octanol–water partition coefficient (Wildman–Crippen LogP) is 1.98. The highest BCUT2D eigenvalue weighted by Crippen LogP contribution is 2.13. The molecular weight excluding hydrogens is 287 g/mol. The van der Waals surface area contributed by atoms with Crippen LogP contribution in [-0.2, 0) is 13.0 Å². The Morgan fingerprint density at radius 2 is 2.18 bits per heavy atom. The highest BCUT2D eigenvalue weighted by atomic mass is 19.1. The molecule has 0 aliphatic carbocycles. The molecule has 2 aromatic heterocycles. The smallest absolute Gasteiger partial charge is 0.261 e. The number of benzene rings is 1. The predicted molar refractivity (Wildman–Crippen MR) is 78.9 cm³/mol. The number of nitrogens with zero attached hydrogens (tertiary/aromatic N) is 2. The molecule has 5 nitrogen and oxygen atoms in total. The highest BCUT2D eigenvalue weighted by Gasteiger charge is 2.14. The third-order valence-corrected chi connectivity index (χ3v) is 3.59. The molecule has 0 spiro atoms. The van der Waals surface area contributed by atoms with E-state index in [1.807, 2.05) is 6.07 Å². The Kier molecular flexibility index (Phi) is 4.02. The maximum atomic E-state index is 13.6. The largest absolute Gasteiger partial charge is 0.469 e. The molecule has 0 aliphatic rings. The zero-order valence-corrected chi connectivity index (χ0v) is 11.8. The molecule has 0 saturated heterocycles. The summed E-state index contributed by atoms with van der Waals surface area (Å²) in [7, 11) is 0. The number of aliphatic hydroxyl groups is 1. The topological polar surface area (TPSA) is 68.3 Å². The molecule has 1 aromatic carbocycles. The highest BCUT2D eigenvalue weighted by molar-refractivity contribution is 5.77. The number of rotatable bonds is 5. The summed E-state index contributed by atoms with van der Waals surface area (Å²) in [6.45, 7) is 0.198. The Morgan fingerprint density at radius 3 is 2.91 bits per heavy atom. The summed E-state index contributed by atoms with van der Waals surface area (Å²) in [5, 5.41) is 9.73. The van der Waals surface area contributed by atoms with Gasteiger partial charge in [0.05, 0.1) is 18.0 Å². The zero-order valence-electron chi connectivity index (χ0n) is 11.8. The van der Waals surface area contributed by atoms with Crippen LogP contribution >= 0.6 is 0 Å². The second kappa shape index (κ2) is 6.11. The number of furan rings is 1. The maximum Gasteiger partial charge on any atom is 0.261 e. The van der Waals surface area contributed by atoms with Gasteiger partial charge >= 0.3 is 0 Å². The minimum absolute atomic E-state index is 0.0651. The number of aliphatic hydroxyl groups excluding tert-OH is 1. The van der Waals surface area contributed by atoms with E-state index in [9.17, 15) is 14.3 Å². The van der Waals surface area contributed by atoms with Gasteiger partial charge in [-0.2, -0.15) is 0 Å². The molecule has 1 atom stereocenters. The van der Waals surface area contributed by atoms with Crippen molar-refractivity contribution in [2.45, 2.75) is 13.0 Å². The second-order valence-corrected chi connectivity index (χ2v) is 5.17. The first kappa shape index (κ1) is 14.5. The van der Waals surface area contributed by atoms with Crippen LogP contribution in [0.4, 0.5) is 4.39 Å². The second-order valence-electron chi connectivity index (χ2n) is 5.17. The summed E-state index contributed by atoms with van der Waals surface area (Å²) >= 11 is 0. The molecule has 1 N–H and O–H groups in total. The molecule has 0 amide bonds. The van der Waals surface area contributed by atoms with Crippen LogP contribution in [0.25, 0.3) is 10.9 Å². The van der Waals surface area contributed by atoms with Gasteiger partial charge in [0.25, 0.3) is 5.56 Å². The SMILES string of the molecule is O=c1c2cccc(F)c2ncn1C[C@H](CO)Cc1ccco1. The molecule has 114 valence electrons. The summed E-state index contributed by atoms with van der Waals surface area (Å²) in [5.74, 6) is 0.0413. The van der Waals surface area contributed by atoms with Crippen LogP contribution in [0, 0.1) is 11.7 Å². The Balaban J connectivity index is 1.90. The van der Waals surface area contributed by atoms with Crippen molar-refractivity contribution >= 4 is 10.9 Å². The van der Waals surface area contributed by atoms with Gasteiger partial charge in [-0.3, -0.25) is 9.36 Å². The molecule has 0 saturated carbocycles. The van der Waals surface area contributed by atoms with E-state index in [0.717, 1.165) is 5.76 Å². The third kappa shape index (κ3) is 2.78. The Labute approximate surface area is 125 Å². The Bertz CT molecular complexity index is 827. The summed E-state index contributed by atoms with van der Waals surface area (Å²) in [6.07, 6.45) is 3.39. The minimum atomic E-state index is -0.518. The van der Waals surface area contributed by atoms with Gasteiger partial charge in [0.2, 0.25) is 0 Å². The van der Waals surface area contributed by atoms with E-state index >= 15 is 0 Å². The van der Waals surface area contributed by atoms with E-state index in [1.165, 1.54) is 23.0 Å². The molecule has 0 aliphatic heterocycles. The van der Waals surface area contributed by atoms with Gasteiger partial charge < -0.3 is 9.52 Å². The third-order valence-electron chi connectivity index (χ3n) is 3.59. The number of para-hydroxylation sites is 1. The van der Waals surface area contributed by atoms with Crippen molar-refractivity contribution < 1.29 is 13.9 Å². The molecule has 0 unspecified atom stereocenters. The fourth-order valence-corrected chi connectivity index (χ4v) is 2.46. The van der Waals surface area contributed by atoms with Gasteiger partial charge in [-0.25, -0.2) is 9.37 Å². The molecule has 0 bridgehead atoms. The van der Waals surface area contributed by atoms with E-state index in [-0.39, 0.29) is 35.5 Å². The van der Waals surface area contributed by atoms with Crippen molar-refractivity contribution in [1.29, 1.82) is 0 Å². The molecule has 3 rings (SSSR count). The summed E-state index contributed by atoms with van der Waals surface area (Å²) in [6, 6.07) is 7.89. The molecule has 2 heterocycles. The van der Waals surface area contributed by atoms with E-state index in [4.69, 9.17) is 4.42 Å². The van der Waals surface area contributed by atoms with Crippen LogP contribution in [0.15, 0.2) is 52.1 Å². The first-order valence-corrected chi connectivity index (χ1v) is 6.96. The van der Waals surface area contributed by atoms with Crippen LogP contribution in [0.3, 0.4) is 0 Å². The number of aromatic nitrogens is 2. The van der Waals surface area contributed by atoms with E-state index in [1.54, 1.807) is 18.4 Å². The fraction of sp³-hybridized carbons (Fsp3) is 0.250. The van der Waals surface area contributed by atoms with Crippen molar-refractivity contribution in [3.05, 3.63) is 64.9 Å². The van der Waals surface area contributed by atoms with E-state index in [2.05, 4.69) is 4.98 Å². The number of halogens is 1. The Hall–Kier alpha value is -2.47. The van der Waals surface area contributed by atoms with Gasteiger partial charge in [-0.05, 0) is 24.3 Å². The molecule has 22 heavy (non-hydrogen) atoms. The van der Waals surface area contributed by atoms with E-state index < -0.39 is 5.82 Å². The number of fused-ring (bicyclic) bond motifs is 1. The van der Waals surface area contributed by atoms with Gasteiger partial charge in [0.15, 0.2) is 0 Å².